The van der Waals surface area contributed by atoms with Crippen molar-refractivity contribution in [3.63, 3.8) is 0 Å². The van der Waals surface area contributed by atoms with E-state index in [0.29, 0.717) is 56.0 Å². The number of ether oxygens (including phenoxy) is 1. The molecule has 10 nitrogen and oxygen atoms in total. The number of aromatic nitrogens is 1. The van der Waals surface area contributed by atoms with Gasteiger partial charge in [-0.3, -0.25) is 19.9 Å². The van der Waals surface area contributed by atoms with Gasteiger partial charge in [0.15, 0.2) is 5.78 Å². The number of hydrogen-bond acceptors (Lipinski definition) is 9. The van der Waals surface area contributed by atoms with Crippen LogP contribution in [0.5, 0.6) is 11.5 Å². The van der Waals surface area contributed by atoms with Crippen molar-refractivity contribution in [2.45, 2.75) is 53.4 Å². The lowest BCUT2D eigenvalue weighted by molar-refractivity contribution is -0.384. The zero-order valence-corrected chi connectivity index (χ0v) is 31.9. The average Bonchev–Trinajstić information content (AvgIpc) is 3.14. The van der Waals surface area contributed by atoms with Crippen LogP contribution in [0, 0.1) is 22.5 Å². The van der Waals surface area contributed by atoms with E-state index in [1.54, 1.807) is 6.07 Å². The molecule has 0 radical (unpaired) electrons. The molecule has 55 heavy (non-hydrogen) atoms. The van der Waals surface area contributed by atoms with Gasteiger partial charge in [-0.15, -0.1) is 0 Å². The molecule has 0 saturated heterocycles. The Morgan fingerprint density at radius 3 is 2.20 bits per heavy atom. The van der Waals surface area contributed by atoms with Gasteiger partial charge in [0.1, 0.15) is 11.5 Å². The summed E-state index contributed by atoms with van der Waals surface area (Å²) in [5.74, 6) is 0.856. The maximum Gasteiger partial charge on any atom is 0.271 e. The van der Waals surface area contributed by atoms with Crippen molar-refractivity contribution >= 4 is 45.7 Å². The predicted octanol–water partition coefficient (Wildman–Crippen LogP) is 11.8. The van der Waals surface area contributed by atoms with Crippen molar-refractivity contribution in [1.29, 1.82) is 0 Å². The van der Waals surface area contributed by atoms with Crippen LogP contribution in [0.2, 0.25) is 0 Å². The molecule has 0 atom stereocenters. The highest BCUT2D eigenvalue weighted by Gasteiger charge is 2.34. The van der Waals surface area contributed by atoms with Gasteiger partial charge < -0.3 is 14.9 Å². The number of para-hydroxylation sites is 1. The first-order valence-corrected chi connectivity index (χ1v) is 18.0. The van der Waals surface area contributed by atoms with Crippen molar-refractivity contribution < 1.29 is 24.2 Å². The number of fused-ring (bicyclic) bond motifs is 2. The summed E-state index contributed by atoms with van der Waals surface area (Å²) in [6.07, 6.45) is 2.05. The summed E-state index contributed by atoms with van der Waals surface area (Å²) in [5, 5.41) is 16.6. The lowest BCUT2D eigenvalue weighted by Gasteiger charge is -2.33. The molecule has 1 heterocycles. The summed E-state index contributed by atoms with van der Waals surface area (Å²) in [5.41, 5.74) is 6.73. The summed E-state index contributed by atoms with van der Waals surface area (Å²) >= 11 is 0. The summed E-state index contributed by atoms with van der Waals surface area (Å²) in [7, 11) is 1.33. The number of nitro groups is 1. The maximum atomic E-state index is 14.7. The lowest BCUT2D eigenvalue weighted by Crippen LogP contribution is -2.24. The predicted molar refractivity (Wildman–Crippen MR) is 217 cm³/mol. The lowest BCUT2D eigenvalue weighted by atomic mass is 9.72. The van der Waals surface area contributed by atoms with Crippen LogP contribution >= 0.6 is 0 Å². The van der Waals surface area contributed by atoms with Crippen molar-refractivity contribution in [2.24, 2.45) is 10.4 Å². The molecule has 1 aliphatic rings. The number of anilines is 2. The minimum Gasteiger partial charge on any atom is -0.457 e. The van der Waals surface area contributed by atoms with Crippen molar-refractivity contribution in [3.8, 4) is 33.9 Å². The van der Waals surface area contributed by atoms with Crippen molar-refractivity contribution in [1.82, 2.24) is 4.98 Å². The van der Waals surface area contributed by atoms with E-state index >= 15 is 0 Å². The molecule has 1 aliphatic carbocycles. The Morgan fingerprint density at radius 2 is 1.53 bits per heavy atom. The van der Waals surface area contributed by atoms with Crippen molar-refractivity contribution in [3.05, 3.63) is 136 Å². The highest BCUT2D eigenvalue weighted by Crippen LogP contribution is 2.52. The van der Waals surface area contributed by atoms with E-state index in [1.807, 2.05) is 79.7 Å². The molecule has 0 spiro atoms. The molecule has 7 rings (SSSR count). The number of carbonyl (C=O) groups excluding carboxylic acids is 1. The van der Waals surface area contributed by atoms with Gasteiger partial charge in [0.25, 0.3) is 5.69 Å². The molecule has 0 fully saturated rings. The normalized spacial score (nSPS) is 12.5. The molecule has 0 aliphatic heterocycles. The first-order chi connectivity index (χ1) is 26.3. The fourth-order valence-electron chi connectivity index (χ4n) is 7.84. The van der Waals surface area contributed by atoms with Crippen LogP contribution in [-0.2, 0) is 15.2 Å². The van der Waals surface area contributed by atoms with E-state index in [4.69, 9.17) is 19.5 Å². The van der Waals surface area contributed by atoms with Gasteiger partial charge in [0, 0.05) is 51.7 Å². The van der Waals surface area contributed by atoms with Crippen LogP contribution < -0.4 is 10.1 Å². The molecule has 0 unspecified atom stereocenters. The van der Waals surface area contributed by atoms with E-state index in [-0.39, 0.29) is 28.0 Å². The highest BCUT2D eigenvalue weighted by atomic mass is 17.2. The van der Waals surface area contributed by atoms with Gasteiger partial charge in [0.05, 0.1) is 40.1 Å². The van der Waals surface area contributed by atoms with Crippen LogP contribution in [0.1, 0.15) is 68.2 Å². The Hall–Kier alpha value is -6.39. The van der Waals surface area contributed by atoms with Crippen molar-refractivity contribution in [2.75, 3.05) is 12.4 Å². The summed E-state index contributed by atoms with van der Waals surface area (Å²) in [6, 6.07) is 31.5. The number of nitro benzene ring substituents is 1. The fourth-order valence-corrected chi connectivity index (χ4v) is 7.84. The molecule has 5 aromatic carbocycles. The Kier molecular flexibility index (Phi) is 9.71. The zero-order chi connectivity index (χ0) is 39.1. The second-order valence-corrected chi connectivity index (χ2v) is 15.5. The summed E-state index contributed by atoms with van der Waals surface area (Å²) < 4.78 is 6.86. The first-order valence-electron chi connectivity index (χ1n) is 18.0. The fraction of sp³-hybridized carbons (Fsp3) is 0.222. The van der Waals surface area contributed by atoms with Gasteiger partial charge in [-0.05, 0) is 65.6 Å². The van der Waals surface area contributed by atoms with E-state index in [0.717, 1.165) is 29.6 Å². The van der Waals surface area contributed by atoms with Crippen LogP contribution in [0.15, 0.2) is 108 Å². The largest absolute Gasteiger partial charge is 0.457 e. The minimum absolute atomic E-state index is 0.0778. The van der Waals surface area contributed by atoms with Crippen LogP contribution in [-0.4, -0.2) is 29.2 Å². The Morgan fingerprint density at radius 1 is 0.836 bits per heavy atom. The quantitative estimate of drug-likeness (QED) is 0.0458. The molecule has 0 bridgehead atoms. The molecule has 1 N–H and O–H groups in total. The Bertz CT molecular complexity index is 2490. The molecule has 1 aromatic heterocycles. The number of hydrogen-bond donors (Lipinski definition) is 1. The van der Waals surface area contributed by atoms with E-state index in [9.17, 15) is 14.9 Å². The monoisotopic (exact) mass is 734 g/mol. The van der Waals surface area contributed by atoms with Crippen LogP contribution in [0.3, 0.4) is 0 Å². The third-order valence-corrected chi connectivity index (χ3v) is 9.75. The number of rotatable bonds is 11. The second kappa shape index (κ2) is 14.4. The number of aliphatic imine (C=N–C) groups is 1. The minimum atomic E-state index is -0.492. The number of ketones is 1. The molecular formula is C45H42N4O6. The summed E-state index contributed by atoms with van der Waals surface area (Å²) in [6.45, 7) is 13.1. The topological polar surface area (TPSA) is 125 Å². The SMILES string of the molecule is COOC=Nc1cc([N+](=O)[O-])ccc1-c1nc(C)c2c3c(c(Nc4ccccc4)cc(Oc4ccc(C(C)(C)CC(C)(C)C)cc4)c13)C(=O)c1ccccc1-2. The number of benzene rings is 5. The van der Waals surface area contributed by atoms with E-state index in [1.165, 1.54) is 24.8 Å². The maximum absolute atomic E-state index is 14.7. The van der Waals surface area contributed by atoms with Gasteiger partial charge in [-0.2, -0.15) is 4.89 Å². The zero-order valence-electron chi connectivity index (χ0n) is 31.9. The molecule has 278 valence electrons. The molecule has 10 heteroatoms. The number of pyridine rings is 1. The molecule has 0 saturated carbocycles. The first kappa shape index (κ1) is 36.9. The van der Waals surface area contributed by atoms with Gasteiger partial charge in [-0.1, -0.05) is 89.2 Å². The Labute approximate surface area is 319 Å². The highest BCUT2D eigenvalue weighted by molar-refractivity contribution is 6.31. The van der Waals surface area contributed by atoms with Crippen LogP contribution in [0.4, 0.5) is 22.7 Å². The molecule has 6 aromatic rings. The number of non-ortho nitro benzene ring substituents is 1. The van der Waals surface area contributed by atoms with Gasteiger partial charge >= 0.3 is 0 Å². The van der Waals surface area contributed by atoms with E-state index < -0.39 is 4.92 Å². The van der Waals surface area contributed by atoms with Gasteiger partial charge in [-0.25, -0.2) is 4.99 Å². The molecule has 0 amide bonds. The summed E-state index contributed by atoms with van der Waals surface area (Å²) in [4.78, 5) is 45.3. The smallest absolute Gasteiger partial charge is 0.271 e. The Balaban J connectivity index is 1.54. The number of carbonyl (C=O) groups is 1. The third kappa shape index (κ3) is 7.28. The third-order valence-electron chi connectivity index (χ3n) is 9.75. The molecular weight excluding hydrogens is 693 g/mol. The second-order valence-electron chi connectivity index (χ2n) is 15.5. The number of aryl methyl sites for hydroxylation is 1. The number of nitrogens with zero attached hydrogens (tertiary/aromatic N) is 3. The van der Waals surface area contributed by atoms with Gasteiger partial charge in [0.2, 0.25) is 6.40 Å². The average molecular weight is 735 g/mol. The van der Waals surface area contributed by atoms with E-state index in [2.05, 4.69) is 57.1 Å². The van der Waals surface area contributed by atoms with Crippen LogP contribution in [0.25, 0.3) is 33.2 Å². The number of nitrogens with one attached hydrogen (secondary N) is 1. The standard InChI is InChI=1S/C45H42N4O6/c1-27-38-32-15-11-12-16-33(32)43(50)39-36(48-29-13-9-8-10-14-29)24-37(55-31-20-17-28(18-21-31)45(5,6)25-44(2,3)4)40(41(38)39)42(47-27)34-22-19-30(49(51)52)23-35(34)46-26-54-53-7/h8-24,26,48H,25H2,1-7H3.